The predicted octanol–water partition coefficient (Wildman–Crippen LogP) is 3.72. The molecule has 5 nitrogen and oxygen atoms in total. The van der Waals surface area contributed by atoms with E-state index >= 15 is 0 Å². The quantitative estimate of drug-likeness (QED) is 0.766. The van der Waals surface area contributed by atoms with Crippen LogP contribution in [0.1, 0.15) is 6.92 Å². The zero-order valence-corrected chi connectivity index (χ0v) is 13.2. The Labute approximate surface area is 138 Å². The van der Waals surface area contributed by atoms with Gasteiger partial charge in [-0.05, 0) is 37.3 Å². The predicted molar refractivity (Wildman–Crippen MR) is 92.7 cm³/mol. The number of nitrogens with one attached hydrogen (secondary N) is 2. The van der Waals surface area contributed by atoms with E-state index < -0.39 is 6.04 Å². The molecule has 0 saturated carbocycles. The van der Waals surface area contributed by atoms with E-state index in [9.17, 15) is 4.79 Å². The van der Waals surface area contributed by atoms with Gasteiger partial charge in [-0.1, -0.05) is 29.8 Å². The van der Waals surface area contributed by atoms with E-state index in [-0.39, 0.29) is 5.91 Å². The molecule has 0 aliphatic rings. The van der Waals surface area contributed by atoms with E-state index in [0.29, 0.717) is 10.8 Å². The first kappa shape index (κ1) is 15.2. The lowest BCUT2D eigenvalue weighted by Crippen LogP contribution is -2.32. The molecule has 3 aromatic rings. The Balaban J connectivity index is 1.77. The van der Waals surface area contributed by atoms with Gasteiger partial charge < -0.3 is 10.6 Å². The van der Waals surface area contributed by atoms with Gasteiger partial charge in [-0.3, -0.25) is 4.79 Å². The van der Waals surface area contributed by atoms with E-state index in [0.717, 1.165) is 16.6 Å². The maximum absolute atomic E-state index is 12.3. The molecule has 0 radical (unpaired) electrons. The summed E-state index contributed by atoms with van der Waals surface area (Å²) in [6.45, 7) is 1.78. The second-order valence-electron chi connectivity index (χ2n) is 5.11. The number of para-hydroxylation sites is 1. The van der Waals surface area contributed by atoms with E-state index in [4.69, 9.17) is 11.6 Å². The monoisotopic (exact) mass is 326 g/mol. The van der Waals surface area contributed by atoms with Crippen LogP contribution in [0.2, 0.25) is 5.02 Å². The summed E-state index contributed by atoms with van der Waals surface area (Å²) in [5, 5.41) is 7.40. The lowest BCUT2D eigenvalue weighted by molar-refractivity contribution is -0.116. The Kier molecular flexibility index (Phi) is 4.39. The summed E-state index contributed by atoms with van der Waals surface area (Å²) in [6.07, 6.45) is 1.45. The number of aromatic nitrogens is 2. The molecule has 0 aliphatic heterocycles. The van der Waals surface area contributed by atoms with Crippen LogP contribution in [0.15, 0.2) is 54.9 Å². The first-order chi connectivity index (χ1) is 11.1. The fraction of sp³-hybridized carbons (Fsp3) is 0.118. The zero-order chi connectivity index (χ0) is 16.2. The smallest absolute Gasteiger partial charge is 0.246 e. The molecule has 0 fully saturated rings. The Morgan fingerprint density at radius 2 is 1.91 bits per heavy atom. The molecule has 2 aromatic carbocycles. The van der Waals surface area contributed by atoms with Crippen LogP contribution in [0, 0.1) is 0 Å². The highest BCUT2D eigenvalue weighted by molar-refractivity contribution is 6.31. The molecule has 1 atom stereocenters. The van der Waals surface area contributed by atoms with Crippen LogP contribution in [0.5, 0.6) is 0 Å². The molecular weight excluding hydrogens is 312 g/mol. The lowest BCUT2D eigenvalue weighted by Gasteiger charge is -2.15. The average Bonchev–Trinajstić information content (AvgIpc) is 2.55. The molecule has 1 amide bonds. The minimum absolute atomic E-state index is 0.142. The lowest BCUT2D eigenvalue weighted by atomic mass is 10.2. The molecule has 0 aliphatic carbocycles. The van der Waals surface area contributed by atoms with Gasteiger partial charge in [0.2, 0.25) is 5.91 Å². The van der Waals surface area contributed by atoms with Gasteiger partial charge in [-0.25, -0.2) is 9.97 Å². The van der Waals surface area contributed by atoms with Crippen LogP contribution < -0.4 is 10.6 Å². The Hall–Kier alpha value is -2.66. The van der Waals surface area contributed by atoms with E-state index in [1.807, 2.05) is 36.4 Å². The van der Waals surface area contributed by atoms with Crippen molar-refractivity contribution in [1.29, 1.82) is 0 Å². The number of carbonyl (C=O) groups is 1. The van der Waals surface area contributed by atoms with Crippen LogP contribution in [-0.4, -0.2) is 21.9 Å². The summed E-state index contributed by atoms with van der Waals surface area (Å²) < 4.78 is 0. The third-order valence-corrected chi connectivity index (χ3v) is 3.62. The second-order valence-corrected chi connectivity index (χ2v) is 5.54. The minimum Gasteiger partial charge on any atom is -0.358 e. The van der Waals surface area contributed by atoms with Crippen molar-refractivity contribution >= 4 is 39.9 Å². The van der Waals surface area contributed by atoms with Crippen molar-refractivity contribution in [2.24, 2.45) is 0 Å². The number of anilines is 2. The Morgan fingerprint density at radius 3 is 2.70 bits per heavy atom. The Morgan fingerprint density at radius 1 is 1.13 bits per heavy atom. The molecule has 1 aromatic heterocycles. The summed E-state index contributed by atoms with van der Waals surface area (Å²) >= 11 is 5.97. The first-order valence-corrected chi connectivity index (χ1v) is 7.54. The molecule has 23 heavy (non-hydrogen) atoms. The highest BCUT2D eigenvalue weighted by atomic mass is 35.5. The number of benzene rings is 2. The first-order valence-electron chi connectivity index (χ1n) is 7.16. The maximum Gasteiger partial charge on any atom is 0.246 e. The highest BCUT2D eigenvalue weighted by Gasteiger charge is 2.15. The standard InChI is InChI=1S/C17H15ClN4O/c1-11(17(23)22-13-5-3-2-4-6-13)21-16-14-8-7-12(18)9-15(14)19-10-20-16/h2-11H,1H3,(H,22,23)(H,19,20,21). The normalized spacial score (nSPS) is 11.9. The van der Waals surface area contributed by atoms with Gasteiger partial charge in [0.25, 0.3) is 0 Å². The topological polar surface area (TPSA) is 66.9 Å². The molecular formula is C17H15ClN4O. The van der Waals surface area contributed by atoms with Crippen LogP contribution in [0.4, 0.5) is 11.5 Å². The second kappa shape index (κ2) is 6.62. The third-order valence-electron chi connectivity index (χ3n) is 3.39. The maximum atomic E-state index is 12.3. The van der Waals surface area contributed by atoms with Gasteiger partial charge in [-0.15, -0.1) is 0 Å². The van der Waals surface area contributed by atoms with Crippen molar-refractivity contribution in [3.05, 3.63) is 59.9 Å². The van der Waals surface area contributed by atoms with Crippen molar-refractivity contribution in [1.82, 2.24) is 9.97 Å². The number of hydrogen-bond donors (Lipinski definition) is 2. The summed E-state index contributed by atoms with van der Waals surface area (Å²) in [7, 11) is 0. The summed E-state index contributed by atoms with van der Waals surface area (Å²) in [5.41, 5.74) is 1.48. The van der Waals surface area contributed by atoms with E-state index in [1.165, 1.54) is 6.33 Å². The number of nitrogens with zero attached hydrogens (tertiary/aromatic N) is 2. The van der Waals surface area contributed by atoms with Gasteiger partial charge in [0.1, 0.15) is 18.2 Å². The van der Waals surface area contributed by atoms with Crippen molar-refractivity contribution in [3.8, 4) is 0 Å². The molecule has 1 heterocycles. The van der Waals surface area contributed by atoms with Crippen molar-refractivity contribution < 1.29 is 4.79 Å². The van der Waals surface area contributed by atoms with Crippen molar-refractivity contribution in [2.45, 2.75) is 13.0 Å². The van der Waals surface area contributed by atoms with Gasteiger partial charge in [0.15, 0.2) is 0 Å². The third kappa shape index (κ3) is 3.57. The fourth-order valence-corrected chi connectivity index (χ4v) is 2.35. The van der Waals surface area contributed by atoms with Crippen molar-refractivity contribution in [3.63, 3.8) is 0 Å². The molecule has 3 rings (SSSR count). The van der Waals surface area contributed by atoms with E-state index in [1.54, 1.807) is 19.1 Å². The van der Waals surface area contributed by atoms with Gasteiger partial charge in [0.05, 0.1) is 5.52 Å². The van der Waals surface area contributed by atoms with Gasteiger partial charge in [-0.2, -0.15) is 0 Å². The van der Waals surface area contributed by atoms with Crippen LogP contribution in [0.3, 0.4) is 0 Å². The SMILES string of the molecule is CC(Nc1ncnc2cc(Cl)ccc12)C(=O)Nc1ccccc1. The van der Waals surface area contributed by atoms with Gasteiger partial charge in [0, 0.05) is 16.1 Å². The van der Waals surface area contributed by atoms with Crippen molar-refractivity contribution in [2.75, 3.05) is 10.6 Å². The Bertz CT molecular complexity index is 838. The van der Waals surface area contributed by atoms with Crippen LogP contribution in [0.25, 0.3) is 10.9 Å². The molecule has 6 heteroatoms. The molecule has 1 unspecified atom stereocenters. The largest absolute Gasteiger partial charge is 0.358 e. The number of hydrogen-bond acceptors (Lipinski definition) is 4. The molecule has 0 spiro atoms. The average molecular weight is 327 g/mol. The summed E-state index contributed by atoms with van der Waals surface area (Å²) in [6, 6.07) is 14.2. The number of rotatable bonds is 4. The number of fused-ring (bicyclic) bond motifs is 1. The van der Waals surface area contributed by atoms with E-state index in [2.05, 4.69) is 20.6 Å². The molecule has 116 valence electrons. The zero-order valence-electron chi connectivity index (χ0n) is 12.5. The molecule has 0 bridgehead atoms. The van der Waals surface area contributed by atoms with Gasteiger partial charge >= 0.3 is 0 Å². The summed E-state index contributed by atoms with van der Waals surface area (Å²) in [5.74, 6) is 0.458. The summed E-state index contributed by atoms with van der Waals surface area (Å²) in [4.78, 5) is 20.7. The minimum atomic E-state index is -0.455. The molecule has 2 N–H and O–H groups in total. The highest BCUT2D eigenvalue weighted by Crippen LogP contribution is 2.23. The fourth-order valence-electron chi connectivity index (χ4n) is 2.19. The number of carbonyl (C=O) groups excluding carboxylic acids is 1. The molecule has 0 saturated heterocycles. The number of halogens is 1. The number of amides is 1. The van der Waals surface area contributed by atoms with Crippen LogP contribution >= 0.6 is 11.6 Å². The van der Waals surface area contributed by atoms with Crippen LogP contribution in [-0.2, 0) is 4.79 Å².